The number of hydrogen-bond donors (Lipinski definition) is 1. The van der Waals surface area contributed by atoms with Crippen molar-refractivity contribution in [2.24, 2.45) is 0 Å². The van der Waals surface area contributed by atoms with Gasteiger partial charge in [-0.05, 0) is 23.3 Å². The Morgan fingerprint density at radius 1 is 1.50 bits per heavy atom. The molecule has 0 atom stereocenters. The second-order valence-electron chi connectivity index (χ2n) is 3.41. The molecule has 1 N–H and O–H groups in total. The summed E-state index contributed by atoms with van der Waals surface area (Å²) >= 11 is 3.47. The van der Waals surface area contributed by atoms with Crippen LogP contribution in [-0.4, -0.2) is 12.5 Å². The predicted octanol–water partition coefficient (Wildman–Crippen LogP) is 2.34. The van der Waals surface area contributed by atoms with Crippen LogP contribution < -0.4 is 5.32 Å². The monoisotopic (exact) mass is 353 g/mol. The minimum absolute atomic E-state index is 0. The molecule has 1 aliphatic rings. The van der Waals surface area contributed by atoms with Gasteiger partial charge in [-0.1, -0.05) is 28.1 Å². The van der Waals surface area contributed by atoms with E-state index in [2.05, 4.69) is 28.2 Å². The number of halogens is 1. The standard InChI is InChI=1S/C12H11BrNO.Y/c1-2-14-12(15)9-6-8-4-3-5-11(13)10(8)7-9;/h3-5,7H,1-2,6H2,(H,14,15);/q-1;. The Labute approximate surface area is 129 Å². The minimum Gasteiger partial charge on any atom is -0.382 e. The molecule has 2 rings (SSSR count). The molecule has 0 saturated carbocycles. The van der Waals surface area contributed by atoms with Gasteiger partial charge in [0.25, 0.3) is 0 Å². The van der Waals surface area contributed by atoms with E-state index in [-0.39, 0.29) is 38.6 Å². The minimum atomic E-state index is -0.0203. The molecule has 0 heterocycles. The van der Waals surface area contributed by atoms with E-state index in [1.807, 2.05) is 24.3 Å². The molecular weight excluding hydrogens is 343 g/mol. The van der Waals surface area contributed by atoms with Crippen molar-refractivity contribution < 1.29 is 37.5 Å². The summed E-state index contributed by atoms with van der Waals surface area (Å²) in [5.41, 5.74) is 3.12. The van der Waals surface area contributed by atoms with Crippen LogP contribution in [0.2, 0.25) is 0 Å². The van der Waals surface area contributed by atoms with E-state index in [1.165, 1.54) is 5.56 Å². The molecule has 4 heteroatoms. The van der Waals surface area contributed by atoms with E-state index in [9.17, 15) is 4.79 Å². The third-order valence-electron chi connectivity index (χ3n) is 2.42. The van der Waals surface area contributed by atoms with Crippen molar-refractivity contribution in [2.45, 2.75) is 6.42 Å². The summed E-state index contributed by atoms with van der Waals surface area (Å²) in [6.07, 6.45) is 2.64. The average molecular weight is 354 g/mol. The Bertz CT molecular complexity index is 443. The van der Waals surface area contributed by atoms with Gasteiger partial charge in [-0.25, -0.2) is 0 Å². The van der Waals surface area contributed by atoms with Crippen LogP contribution in [0.3, 0.4) is 0 Å². The van der Waals surface area contributed by atoms with E-state index in [1.54, 1.807) is 0 Å². The zero-order valence-corrected chi connectivity index (χ0v) is 13.2. The maximum Gasteiger partial charge on any atom is 0.245 e. The van der Waals surface area contributed by atoms with E-state index < -0.39 is 0 Å². The van der Waals surface area contributed by atoms with Gasteiger partial charge in [0.2, 0.25) is 5.91 Å². The van der Waals surface area contributed by atoms with Gasteiger partial charge in [-0.3, -0.25) is 4.79 Å². The summed E-state index contributed by atoms with van der Waals surface area (Å²) in [5.74, 6) is -0.0203. The van der Waals surface area contributed by atoms with Crippen LogP contribution in [0.4, 0.5) is 0 Å². The average Bonchev–Trinajstić information content (AvgIpc) is 2.63. The van der Waals surface area contributed by atoms with Crippen molar-refractivity contribution in [3.8, 4) is 0 Å². The number of amides is 1. The Morgan fingerprint density at radius 2 is 2.25 bits per heavy atom. The first-order valence-corrected chi connectivity index (χ1v) is 5.57. The first-order chi connectivity index (χ1) is 7.22. The molecule has 0 bridgehead atoms. The van der Waals surface area contributed by atoms with Crippen LogP contribution in [-0.2, 0) is 43.9 Å². The van der Waals surface area contributed by atoms with Gasteiger partial charge in [-0.2, -0.15) is 0 Å². The largest absolute Gasteiger partial charge is 0.382 e. The molecule has 1 aromatic rings. The Kier molecular flexibility index (Phi) is 5.35. The molecule has 16 heavy (non-hydrogen) atoms. The summed E-state index contributed by atoms with van der Waals surface area (Å²) in [7, 11) is 0. The molecular formula is C12H11BrNOY-. The van der Waals surface area contributed by atoms with Crippen molar-refractivity contribution in [1.82, 2.24) is 5.32 Å². The molecule has 1 radical (unpaired) electrons. The number of fused-ring (bicyclic) bond motifs is 1. The summed E-state index contributed by atoms with van der Waals surface area (Å²) < 4.78 is 1.04. The molecule has 0 fully saturated rings. The molecule has 2 nitrogen and oxygen atoms in total. The number of carbonyl (C=O) groups excluding carboxylic acids is 1. The van der Waals surface area contributed by atoms with Gasteiger partial charge >= 0.3 is 0 Å². The van der Waals surface area contributed by atoms with Crippen LogP contribution in [0.1, 0.15) is 11.1 Å². The number of rotatable bonds is 2. The normalized spacial score (nSPS) is 12.5. The van der Waals surface area contributed by atoms with E-state index in [4.69, 9.17) is 0 Å². The number of carbonyl (C=O) groups is 1. The van der Waals surface area contributed by atoms with Crippen LogP contribution in [0, 0.1) is 6.92 Å². The van der Waals surface area contributed by atoms with Gasteiger partial charge in [0.15, 0.2) is 0 Å². The molecule has 0 aromatic heterocycles. The Morgan fingerprint density at radius 3 is 2.88 bits per heavy atom. The molecule has 81 valence electrons. The van der Waals surface area contributed by atoms with E-state index >= 15 is 0 Å². The first-order valence-electron chi connectivity index (χ1n) is 4.78. The fourth-order valence-electron chi connectivity index (χ4n) is 1.70. The Balaban J connectivity index is 0.00000128. The van der Waals surface area contributed by atoms with Gasteiger partial charge in [0.05, 0.1) is 0 Å². The molecule has 0 saturated heterocycles. The summed E-state index contributed by atoms with van der Waals surface area (Å²) in [5, 5.41) is 2.71. The van der Waals surface area contributed by atoms with E-state index in [0.717, 1.165) is 15.6 Å². The maximum absolute atomic E-state index is 11.6. The van der Waals surface area contributed by atoms with E-state index in [0.29, 0.717) is 13.0 Å². The fraction of sp³-hybridized carbons (Fsp3) is 0.167. The molecule has 0 unspecified atom stereocenters. The van der Waals surface area contributed by atoms with Crippen molar-refractivity contribution >= 4 is 27.9 Å². The first kappa shape index (κ1) is 14.1. The third-order valence-corrected chi connectivity index (χ3v) is 3.11. The maximum atomic E-state index is 11.6. The number of hydrogen-bond acceptors (Lipinski definition) is 1. The van der Waals surface area contributed by atoms with Gasteiger partial charge < -0.3 is 12.2 Å². The number of benzene rings is 1. The quantitative estimate of drug-likeness (QED) is 0.812. The second kappa shape index (κ2) is 6.08. The molecule has 0 aliphatic heterocycles. The van der Waals surface area contributed by atoms with Gasteiger partial charge in [0, 0.05) is 49.2 Å². The predicted molar refractivity (Wildman–Crippen MR) is 64.2 cm³/mol. The molecule has 1 aliphatic carbocycles. The fourth-order valence-corrected chi connectivity index (χ4v) is 2.22. The van der Waals surface area contributed by atoms with Crippen LogP contribution in [0.5, 0.6) is 0 Å². The summed E-state index contributed by atoms with van der Waals surface area (Å²) in [6.45, 7) is 4.02. The molecule has 1 amide bonds. The topological polar surface area (TPSA) is 29.1 Å². The molecule has 0 spiro atoms. The second-order valence-corrected chi connectivity index (χ2v) is 4.27. The van der Waals surface area contributed by atoms with Crippen molar-refractivity contribution in [3.63, 3.8) is 0 Å². The zero-order chi connectivity index (χ0) is 10.8. The SMILES string of the molecule is [CH2-]CNC(=O)C1=Cc2c(Br)cccc2C1.[Y]. The third kappa shape index (κ3) is 2.82. The Hall–Kier alpha value is 0.0139. The van der Waals surface area contributed by atoms with Crippen LogP contribution >= 0.6 is 15.9 Å². The van der Waals surface area contributed by atoms with Crippen molar-refractivity contribution in [3.05, 3.63) is 46.3 Å². The van der Waals surface area contributed by atoms with Gasteiger partial charge in [-0.15, -0.1) is 6.54 Å². The van der Waals surface area contributed by atoms with Crippen molar-refractivity contribution in [1.29, 1.82) is 0 Å². The summed E-state index contributed by atoms with van der Waals surface area (Å²) in [4.78, 5) is 11.6. The van der Waals surface area contributed by atoms with Crippen molar-refractivity contribution in [2.75, 3.05) is 6.54 Å². The summed E-state index contributed by atoms with van der Waals surface area (Å²) in [6, 6.07) is 6.01. The molecule has 1 aromatic carbocycles. The zero-order valence-electron chi connectivity index (χ0n) is 8.79. The smallest absolute Gasteiger partial charge is 0.245 e. The van der Waals surface area contributed by atoms with Crippen LogP contribution in [0.15, 0.2) is 28.2 Å². The van der Waals surface area contributed by atoms with Crippen LogP contribution in [0.25, 0.3) is 6.08 Å². The number of nitrogens with one attached hydrogen (secondary N) is 1. The van der Waals surface area contributed by atoms with Gasteiger partial charge in [0.1, 0.15) is 0 Å².